The van der Waals surface area contributed by atoms with E-state index in [4.69, 9.17) is 11.6 Å². The molecule has 0 atom stereocenters. The van der Waals surface area contributed by atoms with Crippen LogP contribution in [0.2, 0.25) is 5.15 Å². The third-order valence-electron chi connectivity index (χ3n) is 3.19. The van der Waals surface area contributed by atoms with Crippen molar-refractivity contribution in [2.45, 2.75) is 26.2 Å². The summed E-state index contributed by atoms with van der Waals surface area (Å²) in [5.41, 5.74) is 4.42. The van der Waals surface area contributed by atoms with Crippen LogP contribution >= 0.6 is 11.6 Å². The number of halogens is 1. The number of aryl methyl sites for hydroxylation is 2. The van der Waals surface area contributed by atoms with E-state index in [0.29, 0.717) is 11.1 Å². The SMILES string of the molecule is Cc1ccc(Nc2nc(Cl)c3c(n2)CCC3)cc1. The molecule has 3 rings (SSSR count). The molecule has 0 radical (unpaired) electrons. The van der Waals surface area contributed by atoms with Crippen molar-refractivity contribution in [2.24, 2.45) is 0 Å². The minimum atomic E-state index is 0.588. The summed E-state index contributed by atoms with van der Waals surface area (Å²) in [5.74, 6) is 0.588. The van der Waals surface area contributed by atoms with E-state index in [1.807, 2.05) is 12.1 Å². The maximum Gasteiger partial charge on any atom is 0.228 e. The topological polar surface area (TPSA) is 37.8 Å². The lowest BCUT2D eigenvalue weighted by Crippen LogP contribution is -2.01. The van der Waals surface area contributed by atoms with Crippen LogP contribution < -0.4 is 5.32 Å². The largest absolute Gasteiger partial charge is 0.324 e. The predicted molar refractivity (Wildman–Crippen MR) is 73.5 cm³/mol. The van der Waals surface area contributed by atoms with Crippen LogP contribution in [0.3, 0.4) is 0 Å². The van der Waals surface area contributed by atoms with Crippen LogP contribution in [0, 0.1) is 6.92 Å². The Balaban J connectivity index is 1.89. The summed E-state index contributed by atoms with van der Waals surface area (Å²) in [4.78, 5) is 8.83. The molecule has 92 valence electrons. The number of nitrogens with zero attached hydrogens (tertiary/aromatic N) is 2. The van der Waals surface area contributed by atoms with E-state index in [-0.39, 0.29) is 0 Å². The van der Waals surface area contributed by atoms with Gasteiger partial charge in [0.15, 0.2) is 0 Å². The quantitative estimate of drug-likeness (QED) is 0.837. The lowest BCUT2D eigenvalue weighted by molar-refractivity contribution is 0.900. The average molecular weight is 260 g/mol. The molecule has 0 fully saturated rings. The van der Waals surface area contributed by atoms with E-state index in [9.17, 15) is 0 Å². The van der Waals surface area contributed by atoms with Crippen LogP contribution in [-0.4, -0.2) is 9.97 Å². The molecule has 1 aromatic heterocycles. The van der Waals surface area contributed by atoms with Crippen molar-refractivity contribution in [3.05, 3.63) is 46.2 Å². The van der Waals surface area contributed by atoms with Crippen LogP contribution in [0.5, 0.6) is 0 Å². The summed E-state index contributed by atoms with van der Waals surface area (Å²) in [6.45, 7) is 2.06. The van der Waals surface area contributed by atoms with Gasteiger partial charge in [0.25, 0.3) is 0 Å². The first-order chi connectivity index (χ1) is 8.72. The molecular formula is C14H14ClN3. The zero-order valence-electron chi connectivity index (χ0n) is 10.2. The fourth-order valence-corrected chi connectivity index (χ4v) is 2.49. The molecule has 1 aromatic carbocycles. The van der Waals surface area contributed by atoms with Crippen LogP contribution in [0.4, 0.5) is 11.6 Å². The number of nitrogens with one attached hydrogen (secondary N) is 1. The number of anilines is 2. The molecule has 0 bridgehead atoms. The standard InChI is InChI=1S/C14H14ClN3/c1-9-5-7-10(8-6-9)16-14-17-12-4-2-3-11(12)13(15)18-14/h5-8H,2-4H2,1H3,(H,16,17,18). The number of rotatable bonds is 2. The molecule has 4 heteroatoms. The second-order valence-corrected chi connectivity index (χ2v) is 4.97. The lowest BCUT2D eigenvalue weighted by atomic mass is 10.2. The summed E-state index contributed by atoms with van der Waals surface area (Å²) in [6, 6.07) is 8.13. The van der Waals surface area contributed by atoms with Crippen molar-refractivity contribution in [2.75, 3.05) is 5.32 Å². The van der Waals surface area contributed by atoms with Gasteiger partial charge < -0.3 is 5.32 Å². The molecule has 0 unspecified atom stereocenters. The molecule has 2 aromatic rings. The van der Waals surface area contributed by atoms with E-state index in [2.05, 4.69) is 34.3 Å². The Kier molecular flexibility index (Phi) is 2.92. The fourth-order valence-electron chi connectivity index (χ4n) is 2.21. The Hall–Kier alpha value is -1.61. The van der Waals surface area contributed by atoms with E-state index < -0.39 is 0 Å². The zero-order chi connectivity index (χ0) is 12.5. The van der Waals surface area contributed by atoms with Crippen molar-refractivity contribution in [3.8, 4) is 0 Å². The van der Waals surface area contributed by atoms with Gasteiger partial charge in [0.1, 0.15) is 5.15 Å². The van der Waals surface area contributed by atoms with Gasteiger partial charge in [-0.3, -0.25) is 0 Å². The first-order valence-corrected chi connectivity index (χ1v) is 6.49. The molecule has 1 aliphatic carbocycles. The first kappa shape index (κ1) is 11.5. The Morgan fingerprint density at radius 1 is 1.11 bits per heavy atom. The van der Waals surface area contributed by atoms with Crippen molar-refractivity contribution in [3.63, 3.8) is 0 Å². The molecule has 1 N–H and O–H groups in total. The van der Waals surface area contributed by atoms with Crippen LogP contribution in [0.1, 0.15) is 23.2 Å². The van der Waals surface area contributed by atoms with E-state index in [1.54, 1.807) is 0 Å². The van der Waals surface area contributed by atoms with Gasteiger partial charge in [-0.05, 0) is 38.3 Å². The minimum Gasteiger partial charge on any atom is -0.324 e. The third kappa shape index (κ3) is 2.18. The van der Waals surface area contributed by atoms with E-state index in [1.165, 1.54) is 5.56 Å². The van der Waals surface area contributed by atoms with Gasteiger partial charge in [0, 0.05) is 11.3 Å². The van der Waals surface area contributed by atoms with Crippen molar-refractivity contribution in [1.29, 1.82) is 0 Å². The highest BCUT2D eigenvalue weighted by Crippen LogP contribution is 2.27. The molecular weight excluding hydrogens is 246 g/mol. The van der Waals surface area contributed by atoms with Crippen molar-refractivity contribution in [1.82, 2.24) is 9.97 Å². The van der Waals surface area contributed by atoms with Gasteiger partial charge in [0.05, 0.1) is 5.69 Å². The number of fused-ring (bicyclic) bond motifs is 1. The number of benzene rings is 1. The molecule has 3 nitrogen and oxygen atoms in total. The molecule has 0 aliphatic heterocycles. The van der Waals surface area contributed by atoms with Crippen LogP contribution in [0.15, 0.2) is 24.3 Å². The van der Waals surface area contributed by atoms with E-state index in [0.717, 1.165) is 36.2 Å². The van der Waals surface area contributed by atoms with Gasteiger partial charge >= 0.3 is 0 Å². The second-order valence-electron chi connectivity index (χ2n) is 4.61. The van der Waals surface area contributed by atoms with Crippen molar-refractivity contribution < 1.29 is 0 Å². The lowest BCUT2D eigenvalue weighted by Gasteiger charge is -2.08. The van der Waals surface area contributed by atoms with Crippen LogP contribution in [0.25, 0.3) is 0 Å². The molecule has 0 amide bonds. The average Bonchev–Trinajstić information content (AvgIpc) is 2.81. The number of aromatic nitrogens is 2. The molecule has 1 aliphatic rings. The Bertz CT molecular complexity index is 578. The summed E-state index contributed by atoms with van der Waals surface area (Å²) in [7, 11) is 0. The van der Waals surface area contributed by atoms with Gasteiger partial charge in [-0.2, -0.15) is 0 Å². The zero-order valence-corrected chi connectivity index (χ0v) is 11.0. The summed E-state index contributed by atoms with van der Waals surface area (Å²) in [5, 5.41) is 3.78. The second kappa shape index (κ2) is 4.58. The molecule has 1 heterocycles. The number of hydrogen-bond acceptors (Lipinski definition) is 3. The minimum absolute atomic E-state index is 0.588. The summed E-state index contributed by atoms with van der Waals surface area (Å²) in [6.07, 6.45) is 3.12. The fraction of sp³-hybridized carbons (Fsp3) is 0.286. The maximum absolute atomic E-state index is 6.18. The number of hydrogen-bond donors (Lipinski definition) is 1. The molecule has 0 saturated heterocycles. The van der Waals surface area contributed by atoms with Gasteiger partial charge in [-0.1, -0.05) is 29.3 Å². The highest BCUT2D eigenvalue weighted by atomic mass is 35.5. The van der Waals surface area contributed by atoms with Crippen molar-refractivity contribution >= 4 is 23.2 Å². The first-order valence-electron chi connectivity index (χ1n) is 6.11. The maximum atomic E-state index is 6.18. The highest BCUT2D eigenvalue weighted by molar-refractivity contribution is 6.30. The Morgan fingerprint density at radius 3 is 2.67 bits per heavy atom. The van der Waals surface area contributed by atoms with E-state index >= 15 is 0 Å². The van der Waals surface area contributed by atoms with Gasteiger partial charge in [-0.15, -0.1) is 0 Å². The molecule has 0 spiro atoms. The predicted octanol–water partition coefficient (Wildman–Crippen LogP) is 3.67. The Morgan fingerprint density at radius 2 is 1.89 bits per heavy atom. The third-order valence-corrected chi connectivity index (χ3v) is 3.50. The highest BCUT2D eigenvalue weighted by Gasteiger charge is 2.18. The normalized spacial score (nSPS) is 13.4. The van der Waals surface area contributed by atoms with Gasteiger partial charge in [0.2, 0.25) is 5.95 Å². The van der Waals surface area contributed by atoms with Gasteiger partial charge in [-0.25, -0.2) is 9.97 Å². The molecule has 0 saturated carbocycles. The summed E-state index contributed by atoms with van der Waals surface area (Å²) >= 11 is 6.18. The Labute approximate surface area is 111 Å². The summed E-state index contributed by atoms with van der Waals surface area (Å²) < 4.78 is 0. The monoisotopic (exact) mass is 259 g/mol. The molecule has 18 heavy (non-hydrogen) atoms. The smallest absolute Gasteiger partial charge is 0.228 e. The van der Waals surface area contributed by atoms with Crippen LogP contribution in [-0.2, 0) is 12.8 Å².